The van der Waals surface area contributed by atoms with Gasteiger partial charge in [0.1, 0.15) is 11.5 Å². The average Bonchev–Trinajstić information content (AvgIpc) is 3.30. The smallest absolute Gasteiger partial charge is 0.329 e. The van der Waals surface area contributed by atoms with Crippen molar-refractivity contribution in [1.29, 1.82) is 0 Å². The van der Waals surface area contributed by atoms with Gasteiger partial charge in [-0.2, -0.15) is 0 Å². The van der Waals surface area contributed by atoms with Gasteiger partial charge in [-0.05, 0) is 60.0 Å². The molecule has 0 spiro atoms. The molecule has 5 rings (SSSR count). The average molecular weight is 439 g/mol. The molecule has 3 aromatic carbocycles. The van der Waals surface area contributed by atoms with Gasteiger partial charge in [-0.25, -0.2) is 9.18 Å². The summed E-state index contributed by atoms with van der Waals surface area (Å²) in [5.74, 6) is -0.595. The molecule has 1 aromatic heterocycles. The van der Waals surface area contributed by atoms with Gasteiger partial charge in [-0.15, -0.1) is 0 Å². The first kappa shape index (κ1) is 20.7. The predicted octanol–water partition coefficient (Wildman–Crippen LogP) is 5.23. The molecule has 3 amide bonds. The number of hydrogen-bond acceptors (Lipinski definition) is 2. The van der Waals surface area contributed by atoms with E-state index < -0.39 is 6.03 Å². The largest absolute Gasteiger partial charge is 0.343 e. The molecule has 0 bridgehead atoms. The van der Waals surface area contributed by atoms with Crippen LogP contribution in [0.2, 0.25) is 0 Å². The van der Waals surface area contributed by atoms with E-state index in [1.54, 1.807) is 12.1 Å². The van der Waals surface area contributed by atoms with Crippen LogP contribution in [0, 0.1) is 12.7 Å². The first-order valence-corrected chi connectivity index (χ1v) is 10.7. The van der Waals surface area contributed by atoms with Crippen molar-refractivity contribution in [2.24, 2.45) is 0 Å². The molecule has 5 nitrogen and oxygen atoms in total. The topological polar surface area (TPSA) is 54.3 Å². The molecule has 0 atom stereocenters. The van der Waals surface area contributed by atoms with Crippen LogP contribution in [0.3, 0.4) is 0 Å². The van der Waals surface area contributed by atoms with E-state index in [0.717, 1.165) is 33.2 Å². The molecule has 1 N–H and O–H groups in total. The molecule has 0 unspecified atom stereocenters. The van der Waals surface area contributed by atoms with E-state index in [-0.39, 0.29) is 24.0 Å². The summed E-state index contributed by atoms with van der Waals surface area (Å²) in [6.07, 6.45) is 3.65. The molecule has 0 saturated carbocycles. The number of amides is 3. The van der Waals surface area contributed by atoms with Gasteiger partial charge in [0, 0.05) is 23.6 Å². The van der Waals surface area contributed by atoms with Gasteiger partial charge in [0.05, 0.1) is 6.54 Å². The summed E-state index contributed by atoms with van der Waals surface area (Å²) in [5, 5.41) is 3.68. The zero-order valence-electron chi connectivity index (χ0n) is 18.1. The highest BCUT2D eigenvalue weighted by atomic mass is 19.1. The Labute approximate surface area is 190 Å². The molecule has 1 saturated heterocycles. The van der Waals surface area contributed by atoms with Crippen LogP contribution in [0.4, 0.5) is 9.18 Å². The molecule has 1 fully saturated rings. The molecule has 2 heterocycles. The van der Waals surface area contributed by atoms with Crippen LogP contribution >= 0.6 is 0 Å². The number of aromatic nitrogens is 1. The third kappa shape index (κ3) is 4.28. The lowest BCUT2D eigenvalue weighted by atomic mass is 10.1. The van der Waals surface area contributed by atoms with Gasteiger partial charge in [0.2, 0.25) is 0 Å². The fourth-order valence-corrected chi connectivity index (χ4v) is 4.04. The van der Waals surface area contributed by atoms with Crippen molar-refractivity contribution in [1.82, 2.24) is 14.8 Å². The van der Waals surface area contributed by atoms with Gasteiger partial charge in [-0.1, -0.05) is 48.0 Å². The summed E-state index contributed by atoms with van der Waals surface area (Å²) in [4.78, 5) is 26.4. The van der Waals surface area contributed by atoms with Crippen molar-refractivity contribution in [3.63, 3.8) is 0 Å². The molecule has 6 heteroatoms. The predicted molar refractivity (Wildman–Crippen MR) is 126 cm³/mol. The maximum atomic E-state index is 13.5. The maximum absolute atomic E-state index is 13.5. The monoisotopic (exact) mass is 439 g/mol. The Morgan fingerprint density at radius 3 is 2.52 bits per heavy atom. The van der Waals surface area contributed by atoms with Crippen molar-refractivity contribution in [2.45, 2.75) is 20.0 Å². The summed E-state index contributed by atoms with van der Waals surface area (Å²) >= 11 is 0. The Bertz CT molecular complexity index is 1400. The van der Waals surface area contributed by atoms with E-state index in [0.29, 0.717) is 6.54 Å². The van der Waals surface area contributed by atoms with E-state index in [2.05, 4.69) is 5.32 Å². The molecule has 0 radical (unpaired) electrons. The molecule has 0 aliphatic carbocycles. The SMILES string of the molecule is Cc1ccc(CN2C(=O)N/C(=C/c3ccc4c(ccn4Cc4cccc(F)c4)c3)C2=O)cc1. The van der Waals surface area contributed by atoms with Crippen LogP contribution in [-0.2, 0) is 17.9 Å². The molecule has 4 aromatic rings. The quantitative estimate of drug-likeness (QED) is 0.342. The molecular formula is C27H22FN3O2. The van der Waals surface area contributed by atoms with E-state index in [1.807, 2.05) is 72.3 Å². The second kappa shape index (κ2) is 8.39. The third-order valence-electron chi connectivity index (χ3n) is 5.77. The number of nitrogens with one attached hydrogen (secondary N) is 1. The van der Waals surface area contributed by atoms with Crippen LogP contribution in [0.15, 0.2) is 84.7 Å². The number of rotatable bonds is 5. The number of fused-ring (bicyclic) bond motifs is 1. The minimum Gasteiger partial charge on any atom is -0.343 e. The van der Waals surface area contributed by atoms with E-state index >= 15 is 0 Å². The number of hydrogen-bond donors (Lipinski definition) is 1. The maximum Gasteiger partial charge on any atom is 0.329 e. The Morgan fingerprint density at radius 2 is 1.73 bits per heavy atom. The number of urea groups is 1. The molecule has 33 heavy (non-hydrogen) atoms. The van der Waals surface area contributed by atoms with Crippen molar-refractivity contribution in [3.8, 4) is 0 Å². The second-order valence-corrected chi connectivity index (χ2v) is 8.26. The normalized spacial score (nSPS) is 15.0. The van der Waals surface area contributed by atoms with Crippen molar-refractivity contribution in [3.05, 3.63) is 113 Å². The number of imide groups is 1. The first-order valence-electron chi connectivity index (χ1n) is 10.7. The Kier molecular flexibility index (Phi) is 5.26. The summed E-state index contributed by atoms with van der Waals surface area (Å²) in [5.41, 5.74) is 4.97. The van der Waals surface area contributed by atoms with Crippen LogP contribution in [0.5, 0.6) is 0 Å². The molecule has 1 aliphatic rings. The number of carbonyl (C=O) groups excluding carboxylic acids is 2. The minimum absolute atomic E-state index is 0.226. The first-order chi connectivity index (χ1) is 16.0. The Balaban J connectivity index is 1.36. The summed E-state index contributed by atoms with van der Waals surface area (Å²) < 4.78 is 15.6. The lowest BCUT2D eigenvalue weighted by molar-refractivity contribution is -0.123. The standard InChI is InChI=1S/C27H22FN3O2/c1-18-5-7-19(8-6-18)17-31-26(32)24(29-27(31)33)15-20-9-10-25-22(13-20)11-12-30(25)16-21-3-2-4-23(28)14-21/h2-15H,16-17H2,1H3,(H,29,33)/b24-15+. The third-order valence-corrected chi connectivity index (χ3v) is 5.77. The second-order valence-electron chi connectivity index (χ2n) is 8.26. The number of nitrogens with zero attached hydrogens (tertiary/aromatic N) is 2. The van der Waals surface area contributed by atoms with Gasteiger partial charge < -0.3 is 9.88 Å². The van der Waals surface area contributed by atoms with Crippen molar-refractivity contribution >= 4 is 28.9 Å². The Morgan fingerprint density at radius 1 is 0.909 bits per heavy atom. The van der Waals surface area contributed by atoms with Crippen LogP contribution in [0.1, 0.15) is 22.3 Å². The van der Waals surface area contributed by atoms with Crippen LogP contribution in [0.25, 0.3) is 17.0 Å². The van der Waals surface area contributed by atoms with Crippen molar-refractivity contribution < 1.29 is 14.0 Å². The van der Waals surface area contributed by atoms with Gasteiger partial charge in [-0.3, -0.25) is 9.69 Å². The minimum atomic E-state index is -0.422. The zero-order valence-corrected chi connectivity index (χ0v) is 18.1. The summed E-state index contributed by atoms with van der Waals surface area (Å²) in [6, 6.07) is 21.7. The molecule has 164 valence electrons. The zero-order chi connectivity index (χ0) is 22.9. The molecular weight excluding hydrogens is 417 g/mol. The fraction of sp³-hybridized carbons (Fsp3) is 0.111. The van der Waals surface area contributed by atoms with Gasteiger partial charge in [0.15, 0.2) is 0 Å². The fourth-order valence-electron chi connectivity index (χ4n) is 4.04. The van der Waals surface area contributed by atoms with E-state index in [4.69, 9.17) is 0 Å². The number of benzene rings is 3. The Hall–Kier alpha value is -4.19. The van der Waals surface area contributed by atoms with Crippen LogP contribution in [-0.4, -0.2) is 21.4 Å². The lowest BCUT2D eigenvalue weighted by Crippen LogP contribution is -2.30. The van der Waals surface area contributed by atoms with Crippen LogP contribution < -0.4 is 5.32 Å². The lowest BCUT2D eigenvalue weighted by Gasteiger charge is -2.11. The highest BCUT2D eigenvalue weighted by Crippen LogP contribution is 2.22. The highest BCUT2D eigenvalue weighted by Gasteiger charge is 2.33. The number of halogens is 1. The van der Waals surface area contributed by atoms with E-state index in [9.17, 15) is 14.0 Å². The number of carbonyl (C=O) groups is 2. The van der Waals surface area contributed by atoms with Crippen molar-refractivity contribution in [2.75, 3.05) is 0 Å². The van der Waals surface area contributed by atoms with E-state index in [1.165, 1.54) is 17.0 Å². The number of aryl methyl sites for hydroxylation is 1. The highest BCUT2D eigenvalue weighted by molar-refractivity contribution is 6.14. The molecule has 1 aliphatic heterocycles. The summed E-state index contributed by atoms with van der Waals surface area (Å²) in [7, 11) is 0. The summed E-state index contributed by atoms with van der Waals surface area (Å²) in [6.45, 7) is 2.78. The van der Waals surface area contributed by atoms with Gasteiger partial charge in [0.25, 0.3) is 5.91 Å². The van der Waals surface area contributed by atoms with Gasteiger partial charge >= 0.3 is 6.03 Å².